The maximum Gasteiger partial charge on any atom is 0.274 e. The van der Waals surface area contributed by atoms with Crippen molar-refractivity contribution in [2.24, 2.45) is 0 Å². The number of hydrogen-bond donors (Lipinski definition) is 1. The van der Waals surface area contributed by atoms with Crippen molar-refractivity contribution >= 4 is 17.2 Å². The lowest BCUT2D eigenvalue weighted by atomic mass is 10.3. The van der Waals surface area contributed by atoms with Gasteiger partial charge in [0, 0.05) is 18.6 Å². The van der Waals surface area contributed by atoms with Crippen LogP contribution in [-0.4, -0.2) is 34.8 Å². The number of anilines is 1. The summed E-state index contributed by atoms with van der Waals surface area (Å²) in [6, 6.07) is 5.60. The minimum absolute atomic E-state index is 0.258. The van der Waals surface area contributed by atoms with Crippen molar-refractivity contribution in [3.63, 3.8) is 0 Å². The van der Waals surface area contributed by atoms with Crippen LogP contribution < -0.4 is 5.32 Å². The van der Waals surface area contributed by atoms with Gasteiger partial charge in [-0.05, 0) is 26.0 Å². The van der Waals surface area contributed by atoms with Crippen molar-refractivity contribution in [1.29, 1.82) is 0 Å². The average Bonchev–Trinajstić information content (AvgIpc) is 3.17. The van der Waals surface area contributed by atoms with E-state index in [1.165, 1.54) is 0 Å². The van der Waals surface area contributed by atoms with Crippen LogP contribution in [0.4, 0.5) is 5.69 Å². The van der Waals surface area contributed by atoms with Gasteiger partial charge in [-0.2, -0.15) is 0 Å². The molecule has 4 heterocycles. The SMILES string of the molecule is Cc1nc2ccccn2c1C(=O)Nc1cnc(-n2ccnc2C)nc1. The molecule has 124 valence electrons. The number of pyridine rings is 1. The zero-order valence-corrected chi connectivity index (χ0v) is 13.7. The lowest BCUT2D eigenvalue weighted by Crippen LogP contribution is -2.16. The summed E-state index contributed by atoms with van der Waals surface area (Å²) in [7, 11) is 0. The Morgan fingerprint density at radius 1 is 1.08 bits per heavy atom. The predicted octanol–water partition coefficient (Wildman–Crippen LogP) is 2.18. The first-order valence-electron chi connectivity index (χ1n) is 7.71. The van der Waals surface area contributed by atoms with Crippen LogP contribution in [0.2, 0.25) is 0 Å². The first-order chi connectivity index (χ1) is 12.1. The van der Waals surface area contributed by atoms with Gasteiger partial charge in [0.15, 0.2) is 0 Å². The van der Waals surface area contributed by atoms with Gasteiger partial charge in [0.2, 0.25) is 5.95 Å². The van der Waals surface area contributed by atoms with E-state index in [9.17, 15) is 4.79 Å². The highest BCUT2D eigenvalue weighted by Gasteiger charge is 2.16. The summed E-state index contributed by atoms with van der Waals surface area (Å²) in [5, 5.41) is 2.81. The van der Waals surface area contributed by atoms with Gasteiger partial charge in [0.05, 0.1) is 23.8 Å². The van der Waals surface area contributed by atoms with Gasteiger partial charge >= 0.3 is 0 Å². The number of hydrogen-bond acceptors (Lipinski definition) is 5. The first kappa shape index (κ1) is 15.0. The molecule has 0 fully saturated rings. The van der Waals surface area contributed by atoms with Crippen LogP contribution in [0.5, 0.6) is 0 Å². The standard InChI is InChI=1S/C17H15N7O/c1-11-15(24-7-4-3-5-14(24)21-11)16(25)22-13-9-19-17(20-10-13)23-8-6-18-12(23)2/h3-10H,1-2H3,(H,22,25). The summed E-state index contributed by atoms with van der Waals surface area (Å²) in [6.07, 6.45) is 8.41. The van der Waals surface area contributed by atoms with E-state index >= 15 is 0 Å². The highest BCUT2D eigenvalue weighted by Crippen LogP contribution is 2.14. The van der Waals surface area contributed by atoms with Gasteiger partial charge in [-0.1, -0.05) is 6.07 Å². The van der Waals surface area contributed by atoms with E-state index in [1.807, 2.05) is 38.2 Å². The molecule has 4 aromatic heterocycles. The molecule has 25 heavy (non-hydrogen) atoms. The second-order valence-corrected chi connectivity index (χ2v) is 5.54. The average molecular weight is 333 g/mol. The van der Waals surface area contributed by atoms with Gasteiger partial charge < -0.3 is 5.32 Å². The molecule has 0 aromatic carbocycles. The summed E-state index contributed by atoms with van der Waals surface area (Å²) in [5.74, 6) is 1.03. The van der Waals surface area contributed by atoms with E-state index in [0.717, 1.165) is 11.5 Å². The zero-order valence-electron chi connectivity index (χ0n) is 13.7. The van der Waals surface area contributed by atoms with Gasteiger partial charge in [0.25, 0.3) is 5.91 Å². The third-order valence-electron chi connectivity index (χ3n) is 3.86. The smallest absolute Gasteiger partial charge is 0.274 e. The van der Waals surface area contributed by atoms with Crippen LogP contribution in [0.15, 0.2) is 49.2 Å². The van der Waals surface area contributed by atoms with E-state index < -0.39 is 0 Å². The number of fused-ring (bicyclic) bond motifs is 1. The lowest BCUT2D eigenvalue weighted by molar-refractivity contribution is 0.102. The molecule has 8 heteroatoms. The number of nitrogens with one attached hydrogen (secondary N) is 1. The maximum atomic E-state index is 12.6. The van der Waals surface area contributed by atoms with E-state index in [2.05, 4.69) is 25.3 Å². The molecular formula is C17H15N7O. The topological polar surface area (TPSA) is 90.0 Å². The Bertz CT molecular complexity index is 1060. The fourth-order valence-corrected chi connectivity index (χ4v) is 2.68. The molecule has 0 aliphatic rings. The minimum Gasteiger partial charge on any atom is -0.318 e. The highest BCUT2D eigenvalue weighted by atomic mass is 16.2. The Morgan fingerprint density at radius 2 is 1.88 bits per heavy atom. The summed E-state index contributed by atoms with van der Waals surface area (Å²) in [4.78, 5) is 29.7. The summed E-state index contributed by atoms with van der Waals surface area (Å²) < 4.78 is 3.52. The molecule has 8 nitrogen and oxygen atoms in total. The molecule has 0 saturated carbocycles. The second-order valence-electron chi connectivity index (χ2n) is 5.54. The summed E-state index contributed by atoms with van der Waals surface area (Å²) in [6.45, 7) is 3.68. The molecule has 0 bridgehead atoms. The van der Waals surface area contributed by atoms with Crippen molar-refractivity contribution in [3.8, 4) is 5.95 Å². The van der Waals surface area contributed by atoms with Crippen LogP contribution in [-0.2, 0) is 0 Å². The molecule has 0 unspecified atom stereocenters. The van der Waals surface area contributed by atoms with Gasteiger partial charge in [0.1, 0.15) is 17.2 Å². The van der Waals surface area contributed by atoms with Crippen molar-refractivity contribution in [2.45, 2.75) is 13.8 Å². The summed E-state index contributed by atoms with van der Waals surface area (Å²) >= 11 is 0. The molecule has 0 aliphatic carbocycles. The molecule has 1 N–H and O–H groups in total. The molecule has 0 atom stereocenters. The van der Waals surface area contributed by atoms with E-state index in [-0.39, 0.29) is 5.91 Å². The van der Waals surface area contributed by atoms with E-state index in [1.54, 1.807) is 33.8 Å². The van der Waals surface area contributed by atoms with Crippen molar-refractivity contribution in [3.05, 3.63) is 66.4 Å². The lowest BCUT2D eigenvalue weighted by Gasteiger charge is -2.07. The molecule has 1 amide bonds. The normalized spacial score (nSPS) is 11.0. The number of aryl methyl sites for hydroxylation is 2. The number of carbonyl (C=O) groups is 1. The van der Waals surface area contributed by atoms with Crippen LogP contribution in [0.3, 0.4) is 0 Å². The Labute approximate surface area is 143 Å². The summed E-state index contributed by atoms with van der Waals surface area (Å²) in [5.41, 5.74) is 2.39. The number of amides is 1. The van der Waals surface area contributed by atoms with Gasteiger partial charge in [-0.25, -0.2) is 19.9 Å². The number of rotatable bonds is 3. The van der Waals surface area contributed by atoms with Crippen molar-refractivity contribution in [2.75, 3.05) is 5.32 Å². The number of carbonyl (C=O) groups excluding carboxylic acids is 1. The third kappa shape index (κ3) is 2.63. The van der Waals surface area contributed by atoms with E-state index in [0.29, 0.717) is 23.0 Å². The van der Waals surface area contributed by atoms with Crippen LogP contribution in [0.1, 0.15) is 22.0 Å². The van der Waals surface area contributed by atoms with Gasteiger partial charge in [-0.15, -0.1) is 0 Å². The quantitative estimate of drug-likeness (QED) is 0.620. The molecular weight excluding hydrogens is 318 g/mol. The van der Waals surface area contributed by atoms with Gasteiger partial charge in [-0.3, -0.25) is 13.8 Å². The van der Waals surface area contributed by atoms with Crippen LogP contribution >= 0.6 is 0 Å². The Morgan fingerprint density at radius 3 is 2.60 bits per heavy atom. The fourth-order valence-electron chi connectivity index (χ4n) is 2.68. The Kier molecular flexibility index (Phi) is 3.50. The minimum atomic E-state index is -0.258. The molecule has 4 aromatic rings. The number of nitrogens with zero attached hydrogens (tertiary/aromatic N) is 6. The molecule has 4 rings (SSSR count). The predicted molar refractivity (Wildman–Crippen MR) is 91.8 cm³/mol. The molecule has 0 spiro atoms. The zero-order chi connectivity index (χ0) is 17.4. The largest absolute Gasteiger partial charge is 0.318 e. The van der Waals surface area contributed by atoms with Crippen LogP contribution in [0.25, 0.3) is 11.6 Å². The molecule has 0 saturated heterocycles. The van der Waals surface area contributed by atoms with Crippen LogP contribution in [0, 0.1) is 13.8 Å². The Hall–Kier alpha value is -3.55. The number of imidazole rings is 2. The van der Waals surface area contributed by atoms with Crippen molar-refractivity contribution < 1.29 is 4.79 Å². The second kappa shape index (κ2) is 5.82. The number of aromatic nitrogens is 6. The first-order valence-corrected chi connectivity index (χ1v) is 7.71. The fraction of sp³-hybridized carbons (Fsp3) is 0.118. The molecule has 0 aliphatic heterocycles. The highest BCUT2D eigenvalue weighted by molar-refractivity contribution is 6.04. The van der Waals surface area contributed by atoms with E-state index in [4.69, 9.17) is 0 Å². The third-order valence-corrected chi connectivity index (χ3v) is 3.86. The maximum absolute atomic E-state index is 12.6. The molecule has 0 radical (unpaired) electrons. The van der Waals surface area contributed by atoms with Crippen molar-refractivity contribution in [1.82, 2.24) is 28.9 Å². The Balaban J connectivity index is 1.60. The monoisotopic (exact) mass is 333 g/mol.